The summed E-state index contributed by atoms with van der Waals surface area (Å²) in [5.41, 5.74) is 1.38. The number of likely N-dealkylation sites (tertiary alicyclic amines) is 1. The summed E-state index contributed by atoms with van der Waals surface area (Å²) in [7, 11) is 0. The first-order valence-corrected chi connectivity index (χ1v) is 11.4. The quantitative estimate of drug-likeness (QED) is 0.432. The van der Waals surface area contributed by atoms with E-state index in [9.17, 15) is 4.79 Å². The van der Waals surface area contributed by atoms with E-state index < -0.39 is 0 Å². The van der Waals surface area contributed by atoms with Gasteiger partial charge in [0, 0.05) is 42.6 Å². The van der Waals surface area contributed by atoms with Crippen LogP contribution in [0.15, 0.2) is 30.3 Å². The van der Waals surface area contributed by atoms with E-state index in [1.165, 1.54) is 11.8 Å². The number of ketones is 1. The highest BCUT2D eigenvalue weighted by Gasteiger charge is 2.38. The molecule has 0 spiro atoms. The van der Waals surface area contributed by atoms with E-state index in [0.29, 0.717) is 24.2 Å². The average Bonchev–Trinajstić information content (AvgIpc) is 3.00. The van der Waals surface area contributed by atoms with E-state index in [2.05, 4.69) is 49.1 Å². The first-order chi connectivity index (χ1) is 11.6. The SMILES string of the molecule is CC(C)[C@@H]1CN(Cc2ccccc2)C[C@H]1C1=ICC(C=N)C(=O)C1. The number of carbonyl (C=O) groups is 1. The van der Waals surface area contributed by atoms with Crippen molar-refractivity contribution in [3.63, 3.8) is 0 Å². The summed E-state index contributed by atoms with van der Waals surface area (Å²) in [6.45, 7) is 7.92. The molecule has 0 bridgehead atoms. The molecular weight excluding hydrogens is 411 g/mol. The van der Waals surface area contributed by atoms with Crippen molar-refractivity contribution in [2.24, 2.45) is 23.7 Å². The van der Waals surface area contributed by atoms with Crippen LogP contribution in [0.1, 0.15) is 25.8 Å². The van der Waals surface area contributed by atoms with Crippen molar-refractivity contribution in [1.29, 1.82) is 5.41 Å². The molecule has 0 amide bonds. The molecule has 1 unspecified atom stereocenters. The van der Waals surface area contributed by atoms with Gasteiger partial charge < -0.3 is 5.41 Å². The fourth-order valence-corrected chi connectivity index (χ4v) is 7.53. The summed E-state index contributed by atoms with van der Waals surface area (Å²) in [6.07, 6.45) is 2.02. The van der Waals surface area contributed by atoms with Gasteiger partial charge in [0.05, 0.1) is 5.92 Å². The van der Waals surface area contributed by atoms with E-state index in [1.807, 2.05) is 0 Å². The molecule has 3 atom stereocenters. The summed E-state index contributed by atoms with van der Waals surface area (Å²) in [6, 6.07) is 10.7. The molecule has 0 aromatic heterocycles. The number of alkyl halides is 1. The van der Waals surface area contributed by atoms with Crippen molar-refractivity contribution in [1.82, 2.24) is 4.90 Å². The van der Waals surface area contributed by atoms with Crippen molar-refractivity contribution >= 4 is 36.2 Å². The predicted molar refractivity (Wildman–Crippen MR) is 109 cm³/mol. The van der Waals surface area contributed by atoms with Crippen molar-refractivity contribution in [2.75, 3.05) is 17.5 Å². The summed E-state index contributed by atoms with van der Waals surface area (Å²) in [4.78, 5) is 14.9. The number of Topliss-reactive ketones (excluding diaryl/α,β-unsaturated/α-hetero) is 1. The van der Waals surface area contributed by atoms with Crippen molar-refractivity contribution in [3.8, 4) is 0 Å². The van der Waals surface area contributed by atoms with Gasteiger partial charge in [-0.05, 0) is 20.9 Å². The lowest BCUT2D eigenvalue weighted by atomic mass is 9.82. The lowest BCUT2D eigenvalue weighted by Crippen LogP contribution is -2.32. The van der Waals surface area contributed by atoms with Crippen LogP contribution in [0.3, 0.4) is 0 Å². The first kappa shape index (κ1) is 17.9. The summed E-state index contributed by atoms with van der Waals surface area (Å²) in [5, 5.41) is 7.42. The van der Waals surface area contributed by atoms with Gasteiger partial charge in [-0.15, -0.1) is 20.7 Å². The summed E-state index contributed by atoms with van der Waals surface area (Å²) >= 11 is -0.0527. The van der Waals surface area contributed by atoms with Crippen LogP contribution in [0.2, 0.25) is 0 Å². The second-order valence-electron chi connectivity index (χ2n) is 7.35. The molecule has 1 N–H and O–H groups in total. The van der Waals surface area contributed by atoms with E-state index >= 15 is 0 Å². The molecule has 1 fully saturated rings. The normalized spacial score (nSPS) is 28.5. The Balaban J connectivity index is 1.73. The fraction of sp³-hybridized carbons (Fsp3) is 0.550. The van der Waals surface area contributed by atoms with Crippen LogP contribution in [0.4, 0.5) is 0 Å². The average molecular weight is 438 g/mol. The Morgan fingerprint density at radius 3 is 2.67 bits per heavy atom. The Hall–Kier alpha value is -0.880. The smallest absolute Gasteiger partial charge is 0.146 e. The van der Waals surface area contributed by atoms with Crippen LogP contribution >= 0.6 is 20.7 Å². The van der Waals surface area contributed by atoms with Gasteiger partial charge in [-0.1, -0.05) is 44.2 Å². The Kier molecular flexibility index (Phi) is 5.98. The molecule has 3 rings (SSSR count). The highest BCUT2D eigenvalue weighted by Crippen LogP contribution is 2.36. The molecule has 1 saturated heterocycles. The lowest BCUT2D eigenvalue weighted by Gasteiger charge is -2.27. The molecule has 0 saturated carbocycles. The van der Waals surface area contributed by atoms with Gasteiger partial charge in [0.2, 0.25) is 0 Å². The molecule has 24 heavy (non-hydrogen) atoms. The zero-order valence-electron chi connectivity index (χ0n) is 14.5. The Bertz CT molecular complexity index is 626. The number of rotatable bonds is 5. The second-order valence-corrected chi connectivity index (χ2v) is 10.4. The molecule has 2 aliphatic heterocycles. The molecule has 3 nitrogen and oxygen atoms in total. The van der Waals surface area contributed by atoms with Crippen molar-refractivity contribution in [3.05, 3.63) is 35.9 Å². The van der Waals surface area contributed by atoms with Crippen LogP contribution in [-0.4, -0.2) is 37.9 Å². The highest BCUT2D eigenvalue weighted by atomic mass is 127. The van der Waals surface area contributed by atoms with Crippen molar-refractivity contribution in [2.45, 2.75) is 26.8 Å². The van der Waals surface area contributed by atoms with Gasteiger partial charge >= 0.3 is 0 Å². The van der Waals surface area contributed by atoms with Gasteiger partial charge in [-0.25, -0.2) is 0 Å². The number of hydrogen-bond acceptors (Lipinski definition) is 3. The molecule has 0 radical (unpaired) electrons. The molecule has 2 heterocycles. The predicted octanol–water partition coefficient (Wildman–Crippen LogP) is 3.77. The van der Waals surface area contributed by atoms with E-state index in [0.717, 1.165) is 24.1 Å². The largest absolute Gasteiger partial charge is 0.312 e. The third-order valence-corrected chi connectivity index (χ3v) is 8.87. The summed E-state index contributed by atoms with van der Waals surface area (Å²) in [5.74, 6) is 2.13. The van der Waals surface area contributed by atoms with E-state index in [4.69, 9.17) is 5.41 Å². The van der Waals surface area contributed by atoms with Gasteiger partial charge in [-0.2, -0.15) is 0 Å². The minimum absolute atomic E-state index is 0.0527. The fourth-order valence-electron chi connectivity index (χ4n) is 3.87. The number of halogens is 1. The van der Waals surface area contributed by atoms with Gasteiger partial charge in [-0.3, -0.25) is 9.69 Å². The zero-order chi connectivity index (χ0) is 17.1. The Morgan fingerprint density at radius 2 is 2.04 bits per heavy atom. The minimum Gasteiger partial charge on any atom is -0.312 e. The van der Waals surface area contributed by atoms with Crippen LogP contribution in [0.5, 0.6) is 0 Å². The molecule has 1 aromatic carbocycles. The number of nitrogens with zero attached hydrogens (tertiary/aromatic N) is 1. The molecular formula is C20H27IN2O. The van der Waals surface area contributed by atoms with Crippen LogP contribution in [-0.2, 0) is 11.3 Å². The maximum atomic E-state index is 12.3. The standard InChI is InChI=1S/C20H27IN2O/c1-14(2)17-12-23(11-15-6-4-3-5-7-15)13-18(17)19-8-20(24)16(10-22)9-21-19/h3-7,10,14,16-18,22H,8-9,11-13H2,1-2H3/t16?,17-,18+/m0/s1. The number of benzene rings is 1. The highest BCUT2D eigenvalue weighted by molar-refractivity contribution is 14.2. The third kappa shape index (κ3) is 4.02. The molecule has 0 aliphatic carbocycles. The lowest BCUT2D eigenvalue weighted by molar-refractivity contribution is -0.119. The Labute approximate surface area is 155 Å². The molecule has 130 valence electrons. The van der Waals surface area contributed by atoms with Crippen LogP contribution in [0.25, 0.3) is 0 Å². The number of carbonyl (C=O) groups excluding carboxylic acids is 1. The molecule has 4 heteroatoms. The number of hydrogen-bond donors (Lipinski definition) is 1. The Morgan fingerprint density at radius 1 is 1.29 bits per heavy atom. The van der Waals surface area contributed by atoms with Gasteiger partial charge in [0.1, 0.15) is 5.78 Å². The van der Waals surface area contributed by atoms with Crippen LogP contribution in [0, 0.1) is 29.1 Å². The van der Waals surface area contributed by atoms with E-state index in [-0.39, 0.29) is 32.4 Å². The van der Waals surface area contributed by atoms with E-state index in [1.54, 1.807) is 3.51 Å². The summed E-state index contributed by atoms with van der Waals surface area (Å²) < 4.78 is 2.52. The third-order valence-electron chi connectivity index (χ3n) is 5.32. The zero-order valence-corrected chi connectivity index (χ0v) is 16.7. The number of nitrogens with one attached hydrogen (secondary N) is 1. The first-order valence-electron chi connectivity index (χ1n) is 8.83. The molecule has 1 aromatic rings. The second kappa shape index (κ2) is 8.00. The maximum Gasteiger partial charge on any atom is 0.146 e. The van der Waals surface area contributed by atoms with Crippen LogP contribution < -0.4 is 0 Å². The van der Waals surface area contributed by atoms with Gasteiger partial charge in [0.25, 0.3) is 0 Å². The monoisotopic (exact) mass is 438 g/mol. The molecule has 2 aliphatic rings. The minimum atomic E-state index is -0.0825. The van der Waals surface area contributed by atoms with Gasteiger partial charge in [0.15, 0.2) is 0 Å². The topological polar surface area (TPSA) is 44.2 Å². The van der Waals surface area contributed by atoms with Crippen molar-refractivity contribution < 1.29 is 4.79 Å². The maximum absolute atomic E-state index is 12.3.